The molecule has 10 nitrogen and oxygen atoms in total. The largest absolute Gasteiger partial charge is 0.464 e. The number of hydrogen-bond acceptors (Lipinski definition) is 9. The van der Waals surface area contributed by atoms with Crippen LogP contribution in [0.25, 0.3) is 0 Å². The number of nitrogens with zero attached hydrogens (tertiary/aromatic N) is 2. The van der Waals surface area contributed by atoms with E-state index in [1.54, 1.807) is 55.5 Å². The molecule has 0 unspecified atom stereocenters. The van der Waals surface area contributed by atoms with Gasteiger partial charge in [-0.2, -0.15) is 0 Å². The van der Waals surface area contributed by atoms with Crippen LogP contribution in [0.4, 0.5) is 5.69 Å². The van der Waals surface area contributed by atoms with Crippen molar-refractivity contribution in [1.29, 1.82) is 0 Å². The van der Waals surface area contributed by atoms with Crippen LogP contribution in [0.1, 0.15) is 42.3 Å². The molecule has 12 heteroatoms. The number of thioether (sulfide) groups is 1. The maximum absolute atomic E-state index is 14.1. The van der Waals surface area contributed by atoms with E-state index in [1.165, 1.54) is 36.3 Å². The maximum atomic E-state index is 14.1. The summed E-state index contributed by atoms with van der Waals surface area (Å²) >= 11 is 1.29. The first-order chi connectivity index (χ1) is 19.9. The van der Waals surface area contributed by atoms with Crippen LogP contribution >= 0.6 is 11.8 Å². The van der Waals surface area contributed by atoms with E-state index in [4.69, 9.17) is 4.74 Å². The molecule has 2 heterocycles. The second kappa shape index (κ2) is 13.1. The van der Waals surface area contributed by atoms with Crippen molar-refractivity contribution in [3.63, 3.8) is 0 Å². The minimum absolute atomic E-state index is 0.00534. The Labute approximate surface area is 250 Å². The van der Waals surface area contributed by atoms with Crippen molar-refractivity contribution in [3.8, 4) is 0 Å². The van der Waals surface area contributed by atoms with E-state index >= 15 is 0 Å². The van der Waals surface area contributed by atoms with Gasteiger partial charge in [0.15, 0.2) is 0 Å². The average Bonchev–Trinajstić information content (AvgIpc) is 3.33. The molecule has 1 saturated heterocycles. The van der Waals surface area contributed by atoms with Gasteiger partial charge in [-0.1, -0.05) is 29.8 Å². The molecule has 1 fully saturated rings. The molecular formula is C30H34N4O6S2. The lowest BCUT2D eigenvalue weighted by Crippen LogP contribution is -2.56. The van der Waals surface area contributed by atoms with Crippen LogP contribution in [-0.4, -0.2) is 64.8 Å². The highest BCUT2D eigenvalue weighted by molar-refractivity contribution is 8.01. The number of anilines is 1. The number of rotatable bonds is 10. The molecule has 2 amide bonds. The van der Waals surface area contributed by atoms with E-state index in [2.05, 4.69) is 15.6 Å². The van der Waals surface area contributed by atoms with Crippen molar-refractivity contribution in [2.75, 3.05) is 17.7 Å². The molecule has 1 aromatic heterocycles. The number of esters is 1. The fourth-order valence-electron chi connectivity index (χ4n) is 4.40. The zero-order valence-corrected chi connectivity index (χ0v) is 25.5. The van der Waals surface area contributed by atoms with Crippen LogP contribution in [0.3, 0.4) is 0 Å². The van der Waals surface area contributed by atoms with Gasteiger partial charge in [-0.25, -0.2) is 17.5 Å². The van der Waals surface area contributed by atoms with Crippen molar-refractivity contribution in [2.24, 2.45) is 0 Å². The number of amides is 2. The zero-order valence-electron chi connectivity index (χ0n) is 23.9. The van der Waals surface area contributed by atoms with E-state index in [-0.39, 0.29) is 23.8 Å². The fourth-order valence-corrected chi connectivity index (χ4v) is 7.33. The van der Waals surface area contributed by atoms with E-state index in [1.807, 2.05) is 20.8 Å². The third-order valence-electron chi connectivity index (χ3n) is 6.58. The molecule has 0 aliphatic carbocycles. The van der Waals surface area contributed by atoms with Gasteiger partial charge in [-0.05, 0) is 69.7 Å². The Morgan fingerprint density at radius 1 is 1.07 bits per heavy atom. The van der Waals surface area contributed by atoms with Crippen LogP contribution in [-0.2, 0) is 30.8 Å². The zero-order chi connectivity index (χ0) is 30.5. The first-order valence-electron chi connectivity index (χ1n) is 13.4. The topological polar surface area (TPSA) is 135 Å². The highest BCUT2D eigenvalue weighted by Gasteiger charge is 2.46. The molecule has 2 atom stereocenters. The number of pyridine rings is 1. The second-order valence-corrected chi connectivity index (χ2v) is 13.4. The summed E-state index contributed by atoms with van der Waals surface area (Å²) in [4.78, 5) is 43.7. The fraction of sp³-hybridized carbons (Fsp3) is 0.333. The molecule has 3 aromatic rings. The van der Waals surface area contributed by atoms with Gasteiger partial charge in [0.2, 0.25) is 0 Å². The number of benzene rings is 2. The van der Waals surface area contributed by atoms with Crippen LogP contribution in [0.5, 0.6) is 0 Å². The average molecular weight is 611 g/mol. The monoisotopic (exact) mass is 610 g/mol. The quantitative estimate of drug-likeness (QED) is 0.329. The predicted molar refractivity (Wildman–Crippen MR) is 161 cm³/mol. The summed E-state index contributed by atoms with van der Waals surface area (Å²) < 4.78 is 34.1. The van der Waals surface area contributed by atoms with Crippen molar-refractivity contribution in [1.82, 2.24) is 14.6 Å². The number of nitrogens with one attached hydrogen (secondary N) is 2. The number of carbonyl (C=O) groups is 3. The van der Waals surface area contributed by atoms with Crippen molar-refractivity contribution >= 4 is 45.3 Å². The molecule has 1 aliphatic rings. The standard InChI is InChI=1S/C30H34N4O6S2/c1-5-40-29(37)25(18-21-8-10-23(11-9-21)32-26(35)22-14-16-31-17-15-22)34(28(36)27-33-30(3,4)19-41-27)42(38,39)24-12-6-20(2)7-13-24/h6-17,25,27,33H,5,18-19H2,1-4H3,(H,32,35)/t25-,27-/m0/s1. The third-order valence-corrected chi connectivity index (χ3v) is 9.94. The van der Waals surface area contributed by atoms with Crippen molar-refractivity contribution < 1.29 is 27.5 Å². The molecule has 0 bridgehead atoms. The molecule has 2 N–H and O–H groups in total. The van der Waals surface area contributed by atoms with Gasteiger partial charge >= 0.3 is 5.97 Å². The Hall–Kier alpha value is -3.74. The van der Waals surface area contributed by atoms with Crippen molar-refractivity contribution in [3.05, 3.63) is 89.7 Å². The Morgan fingerprint density at radius 3 is 2.29 bits per heavy atom. The maximum Gasteiger partial charge on any atom is 0.330 e. The molecule has 2 aromatic carbocycles. The van der Waals surface area contributed by atoms with Crippen LogP contribution in [0.2, 0.25) is 0 Å². The Morgan fingerprint density at radius 2 is 1.71 bits per heavy atom. The molecule has 4 rings (SSSR count). The Balaban J connectivity index is 1.68. The van der Waals surface area contributed by atoms with Gasteiger partial charge in [0.1, 0.15) is 11.4 Å². The third kappa shape index (κ3) is 7.36. The highest BCUT2D eigenvalue weighted by Crippen LogP contribution is 2.31. The van der Waals surface area contributed by atoms with Gasteiger partial charge in [-0.15, -0.1) is 11.8 Å². The van der Waals surface area contributed by atoms with Gasteiger partial charge < -0.3 is 10.1 Å². The lowest BCUT2D eigenvalue weighted by Gasteiger charge is -2.32. The summed E-state index contributed by atoms with van der Waals surface area (Å²) in [6, 6.07) is 14.5. The van der Waals surface area contributed by atoms with E-state index < -0.39 is 38.9 Å². The van der Waals surface area contributed by atoms with Gasteiger partial charge in [-0.3, -0.25) is 19.9 Å². The predicted octanol–water partition coefficient (Wildman–Crippen LogP) is 3.78. The Bertz CT molecular complexity index is 1530. The van der Waals surface area contributed by atoms with Crippen LogP contribution < -0.4 is 10.6 Å². The van der Waals surface area contributed by atoms with Gasteiger partial charge in [0.25, 0.3) is 21.8 Å². The van der Waals surface area contributed by atoms with E-state index in [0.29, 0.717) is 26.9 Å². The first-order valence-corrected chi connectivity index (χ1v) is 15.9. The molecule has 0 radical (unpaired) electrons. The SMILES string of the molecule is CCOC(=O)[C@H](Cc1ccc(NC(=O)c2ccncc2)cc1)N(C(=O)[C@H]1NC(C)(C)CS1)S(=O)(=O)c1ccc(C)cc1. The smallest absolute Gasteiger partial charge is 0.330 e. The van der Waals surface area contributed by atoms with Crippen molar-refractivity contribution in [2.45, 2.75) is 56.0 Å². The Kier molecular flexibility index (Phi) is 9.70. The first kappa shape index (κ1) is 31.2. The molecular weight excluding hydrogens is 576 g/mol. The highest BCUT2D eigenvalue weighted by atomic mass is 32.2. The number of hydrogen-bond donors (Lipinski definition) is 2. The van der Waals surface area contributed by atoms with Crippen LogP contribution in [0.15, 0.2) is 78.0 Å². The summed E-state index contributed by atoms with van der Waals surface area (Å²) in [7, 11) is -4.46. The minimum Gasteiger partial charge on any atom is -0.464 e. The summed E-state index contributed by atoms with van der Waals surface area (Å²) in [5.41, 5.74) is 1.95. The summed E-state index contributed by atoms with van der Waals surface area (Å²) in [5, 5.41) is 5.10. The van der Waals surface area contributed by atoms with Gasteiger partial charge in [0, 0.05) is 41.4 Å². The number of aryl methyl sites for hydroxylation is 1. The lowest BCUT2D eigenvalue weighted by atomic mass is 10.0. The lowest BCUT2D eigenvalue weighted by molar-refractivity contribution is -0.151. The second-order valence-electron chi connectivity index (χ2n) is 10.5. The number of ether oxygens (including phenoxy) is 1. The normalized spacial score (nSPS) is 16.8. The number of carbonyl (C=O) groups excluding carboxylic acids is 3. The van der Waals surface area contributed by atoms with Gasteiger partial charge in [0.05, 0.1) is 11.5 Å². The summed E-state index contributed by atoms with van der Waals surface area (Å²) in [6.45, 7) is 7.29. The summed E-state index contributed by atoms with van der Waals surface area (Å²) in [5.74, 6) is -1.32. The van der Waals surface area contributed by atoms with E-state index in [0.717, 1.165) is 5.56 Å². The minimum atomic E-state index is -4.46. The van der Waals surface area contributed by atoms with E-state index in [9.17, 15) is 22.8 Å². The number of aromatic nitrogens is 1. The van der Waals surface area contributed by atoms with Crippen LogP contribution in [0, 0.1) is 6.92 Å². The molecule has 42 heavy (non-hydrogen) atoms. The number of sulfonamides is 1. The molecule has 0 saturated carbocycles. The molecule has 1 aliphatic heterocycles. The summed E-state index contributed by atoms with van der Waals surface area (Å²) in [6.07, 6.45) is 2.91. The molecule has 0 spiro atoms. The molecule has 222 valence electrons.